The molecule has 4 heteroatoms. The van der Waals surface area contributed by atoms with Gasteiger partial charge in [-0.15, -0.1) is 0 Å². The summed E-state index contributed by atoms with van der Waals surface area (Å²) in [4.78, 5) is 0. The van der Waals surface area contributed by atoms with E-state index in [9.17, 15) is 0 Å². The Bertz CT molecular complexity index is 502. The minimum atomic E-state index is 0.0424. The Kier molecular flexibility index (Phi) is 3.99. The molecule has 0 bridgehead atoms. The molecule has 2 aromatic rings. The molecule has 18 heavy (non-hydrogen) atoms. The second-order valence-corrected chi connectivity index (χ2v) is 4.35. The van der Waals surface area contributed by atoms with Crippen LogP contribution < -0.4 is 5.73 Å². The van der Waals surface area contributed by atoms with Gasteiger partial charge in [-0.2, -0.15) is 5.10 Å². The Labute approximate surface area is 107 Å². The number of aryl methyl sites for hydroxylation is 1. The zero-order valence-electron chi connectivity index (χ0n) is 10.6. The first-order chi connectivity index (χ1) is 8.74. The number of rotatable bonds is 5. The van der Waals surface area contributed by atoms with Crippen LogP contribution >= 0.6 is 0 Å². The van der Waals surface area contributed by atoms with Crippen LogP contribution in [0, 0.1) is 0 Å². The van der Waals surface area contributed by atoms with Gasteiger partial charge in [0.15, 0.2) is 0 Å². The smallest absolute Gasteiger partial charge is 0.122 e. The van der Waals surface area contributed by atoms with Gasteiger partial charge in [0.2, 0.25) is 0 Å². The lowest BCUT2D eigenvalue weighted by atomic mass is 10.1. The standard InChI is InChI=1S/C14H19N3O/c1-2-3-11-4-6-12(7-5-11)13-10-14(15)17(16-13)8-9-18/h4-7,10,18H,2-3,8-9,15H2,1H3. The van der Waals surface area contributed by atoms with Gasteiger partial charge in [-0.25, -0.2) is 4.68 Å². The average Bonchev–Trinajstić information content (AvgIpc) is 2.73. The first-order valence-corrected chi connectivity index (χ1v) is 6.28. The summed E-state index contributed by atoms with van der Waals surface area (Å²) >= 11 is 0. The summed E-state index contributed by atoms with van der Waals surface area (Å²) in [6, 6.07) is 10.2. The molecule has 2 rings (SSSR count). The van der Waals surface area contributed by atoms with E-state index in [4.69, 9.17) is 10.8 Å². The van der Waals surface area contributed by atoms with Crippen LogP contribution in [0.1, 0.15) is 18.9 Å². The molecule has 0 spiro atoms. The lowest BCUT2D eigenvalue weighted by molar-refractivity contribution is 0.270. The molecule has 1 aromatic heterocycles. The summed E-state index contributed by atoms with van der Waals surface area (Å²) in [7, 11) is 0. The second kappa shape index (κ2) is 5.69. The van der Waals surface area contributed by atoms with Gasteiger partial charge < -0.3 is 10.8 Å². The molecular formula is C14H19N3O. The molecule has 4 nitrogen and oxygen atoms in total. The van der Waals surface area contributed by atoms with E-state index in [-0.39, 0.29) is 6.61 Å². The highest BCUT2D eigenvalue weighted by Crippen LogP contribution is 2.21. The van der Waals surface area contributed by atoms with E-state index >= 15 is 0 Å². The van der Waals surface area contributed by atoms with Gasteiger partial charge in [-0.1, -0.05) is 37.6 Å². The van der Waals surface area contributed by atoms with E-state index in [0.29, 0.717) is 12.4 Å². The van der Waals surface area contributed by atoms with Crippen molar-refractivity contribution >= 4 is 5.82 Å². The predicted molar refractivity (Wildman–Crippen MR) is 73.2 cm³/mol. The summed E-state index contributed by atoms with van der Waals surface area (Å²) in [5.41, 5.74) is 9.07. The highest BCUT2D eigenvalue weighted by Gasteiger charge is 2.06. The van der Waals surface area contributed by atoms with Gasteiger partial charge in [0.1, 0.15) is 5.82 Å². The number of aromatic nitrogens is 2. The van der Waals surface area contributed by atoms with Crippen LogP contribution in [0.5, 0.6) is 0 Å². The Hall–Kier alpha value is -1.81. The van der Waals surface area contributed by atoms with E-state index < -0.39 is 0 Å². The minimum Gasteiger partial charge on any atom is -0.394 e. The molecular weight excluding hydrogens is 226 g/mol. The lowest BCUT2D eigenvalue weighted by Crippen LogP contribution is -2.07. The van der Waals surface area contributed by atoms with Crippen LogP contribution in [0.3, 0.4) is 0 Å². The summed E-state index contributed by atoms with van der Waals surface area (Å²) in [5, 5.41) is 13.3. The molecule has 0 aliphatic heterocycles. The van der Waals surface area contributed by atoms with Gasteiger partial charge in [-0.05, 0) is 12.0 Å². The van der Waals surface area contributed by atoms with Crippen molar-refractivity contribution in [2.75, 3.05) is 12.3 Å². The number of anilines is 1. The molecule has 0 radical (unpaired) electrons. The van der Waals surface area contributed by atoms with Crippen LogP contribution in [-0.4, -0.2) is 21.5 Å². The number of hydrogen-bond acceptors (Lipinski definition) is 3. The lowest BCUT2D eigenvalue weighted by Gasteiger charge is -2.01. The van der Waals surface area contributed by atoms with Gasteiger partial charge in [0.05, 0.1) is 18.8 Å². The first-order valence-electron chi connectivity index (χ1n) is 6.28. The third-order valence-electron chi connectivity index (χ3n) is 2.91. The highest BCUT2D eigenvalue weighted by atomic mass is 16.3. The fraction of sp³-hybridized carbons (Fsp3) is 0.357. The van der Waals surface area contributed by atoms with Crippen molar-refractivity contribution in [1.82, 2.24) is 9.78 Å². The Balaban J connectivity index is 2.22. The van der Waals surface area contributed by atoms with Gasteiger partial charge >= 0.3 is 0 Å². The number of nitrogens with two attached hydrogens (primary N) is 1. The Morgan fingerprint density at radius 2 is 2.00 bits per heavy atom. The van der Waals surface area contributed by atoms with Gasteiger partial charge in [0.25, 0.3) is 0 Å². The van der Waals surface area contributed by atoms with Crippen molar-refractivity contribution < 1.29 is 5.11 Å². The second-order valence-electron chi connectivity index (χ2n) is 4.35. The van der Waals surface area contributed by atoms with E-state index in [2.05, 4.69) is 36.3 Å². The molecule has 0 aliphatic rings. The van der Waals surface area contributed by atoms with Crippen molar-refractivity contribution in [3.05, 3.63) is 35.9 Å². The molecule has 1 aromatic carbocycles. The normalized spacial score (nSPS) is 10.8. The quantitative estimate of drug-likeness (QED) is 0.847. The molecule has 0 saturated carbocycles. The molecule has 1 heterocycles. The molecule has 0 saturated heterocycles. The summed E-state index contributed by atoms with van der Waals surface area (Å²) in [6.07, 6.45) is 2.25. The van der Waals surface area contributed by atoms with E-state index in [1.807, 2.05) is 6.07 Å². The van der Waals surface area contributed by atoms with Crippen molar-refractivity contribution in [1.29, 1.82) is 0 Å². The maximum atomic E-state index is 8.90. The van der Waals surface area contributed by atoms with Crippen molar-refractivity contribution in [3.8, 4) is 11.3 Å². The number of benzene rings is 1. The van der Waals surface area contributed by atoms with Crippen molar-refractivity contribution in [3.63, 3.8) is 0 Å². The topological polar surface area (TPSA) is 64.1 Å². The first kappa shape index (κ1) is 12.6. The number of nitrogen functional groups attached to an aromatic ring is 1. The third-order valence-corrected chi connectivity index (χ3v) is 2.91. The average molecular weight is 245 g/mol. The van der Waals surface area contributed by atoms with Crippen molar-refractivity contribution in [2.45, 2.75) is 26.3 Å². The molecule has 3 N–H and O–H groups in total. The maximum absolute atomic E-state index is 8.90. The van der Waals surface area contributed by atoms with Crippen molar-refractivity contribution in [2.24, 2.45) is 0 Å². The maximum Gasteiger partial charge on any atom is 0.122 e. The Morgan fingerprint density at radius 3 is 2.61 bits per heavy atom. The van der Waals surface area contributed by atoms with Crippen LogP contribution in [-0.2, 0) is 13.0 Å². The number of nitrogens with zero attached hydrogens (tertiary/aromatic N) is 2. The zero-order chi connectivity index (χ0) is 13.0. The van der Waals surface area contributed by atoms with Gasteiger partial charge in [-0.3, -0.25) is 0 Å². The fourth-order valence-corrected chi connectivity index (χ4v) is 1.98. The van der Waals surface area contributed by atoms with E-state index in [1.165, 1.54) is 5.56 Å². The third kappa shape index (κ3) is 2.71. The molecule has 0 aliphatic carbocycles. The minimum absolute atomic E-state index is 0.0424. The predicted octanol–water partition coefficient (Wildman–Crippen LogP) is 2.08. The van der Waals surface area contributed by atoms with Crippen LogP contribution in [0.4, 0.5) is 5.82 Å². The summed E-state index contributed by atoms with van der Waals surface area (Å²) < 4.78 is 1.62. The van der Waals surface area contributed by atoms with Crippen LogP contribution in [0.2, 0.25) is 0 Å². The molecule has 0 fully saturated rings. The zero-order valence-corrected chi connectivity index (χ0v) is 10.6. The fourth-order valence-electron chi connectivity index (χ4n) is 1.98. The van der Waals surface area contributed by atoms with E-state index in [0.717, 1.165) is 24.1 Å². The largest absolute Gasteiger partial charge is 0.394 e. The van der Waals surface area contributed by atoms with E-state index in [1.54, 1.807) is 4.68 Å². The molecule has 0 amide bonds. The van der Waals surface area contributed by atoms with Crippen LogP contribution in [0.25, 0.3) is 11.3 Å². The molecule has 96 valence electrons. The summed E-state index contributed by atoms with van der Waals surface area (Å²) in [6.45, 7) is 2.64. The summed E-state index contributed by atoms with van der Waals surface area (Å²) in [5.74, 6) is 0.580. The Morgan fingerprint density at radius 1 is 1.28 bits per heavy atom. The number of hydrogen-bond donors (Lipinski definition) is 2. The highest BCUT2D eigenvalue weighted by molar-refractivity contribution is 5.62. The number of aliphatic hydroxyl groups is 1. The molecule has 0 atom stereocenters. The van der Waals surface area contributed by atoms with Crippen LogP contribution in [0.15, 0.2) is 30.3 Å². The number of aliphatic hydroxyl groups excluding tert-OH is 1. The van der Waals surface area contributed by atoms with Gasteiger partial charge in [0, 0.05) is 11.6 Å². The molecule has 0 unspecified atom stereocenters. The SMILES string of the molecule is CCCc1ccc(-c2cc(N)n(CCO)n2)cc1. The monoisotopic (exact) mass is 245 g/mol.